The molecule has 1 unspecified atom stereocenters. The van der Waals surface area contributed by atoms with E-state index in [4.69, 9.17) is 15.6 Å². The third kappa shape index (κ3) is 2.09. The molecule has 0 bridgehead atoms. The van der Waals surface area contributed by atoms with Crippen LogP contribution in [0.2, 0.25) is 0 Å². The summed E-state index contributed by atoms with van der Waals surface area (Å²) in [5, 5.41) is 8.80. The third-order valence-electron chi connectivity index (χ3n) is 2.83. The predicted octanol–water partition coefficient (Wildman–Crippen LogP) is -0.437. The van der Waals surface area contributed by atoms with Gasteiger partial charge in [-0.2, -0.15) is 4.99 Å². The van der Waals surface area contributed by atoms with Crippen LogP contribution in [0.15, 0.2) is 4.99 Å². The fourth-order valence-electron chi connectivity index (χ4n) is 1.89. The van der Waals surface area contributed by atoms with Gasteiger partial charge in [-0.1, -0.05) is 0 Å². The number of urea groups is 1. The van der Waals surface area contributed by atoms with Crippen LogP contribution in [0.25, 0.3) is 0 Å². The van der Waals surface area contributed by atoms with Crippen LogP contribution in [-0.2, 0) is 4.74 Å². The van der Waals surface area contributed by atoms with Gasteiger partial charge in [-0.25, -0.2) is 13.6 Å². The lowest BCUT2D eigenvalue weighted by molar-refractivity contribution is -0.0668. The highest BCUT2D eigenvalue weighted by atomic mass is 19.1. The van der Waals surface area contributed by atoms with Gasteiger partial charge in [-0.3, -0.25) is 4.90 Å². The van der Waals surface area contributed by atoms with E-state index in [9.17, 15) is 13.6 Å². The zero-order valence-electron chi connectivity index (χ0n) is 8.92. The number of nitrogens with zero attached hydrogens (tertiary/aromatic N) is 2. The van der Waals surface area contributed by atoms with Crippen LogP contribution in [0.3, 0.4) is 0 Å². The molecule has 0 aromatic heterocycles. The highest BCUT2D eigenvalue weighted by molar-refractivity contribution is 5.95. The average molecular weight is 248 g/mol. The van der Waals surface area contributed by atoms with Crippen molar-refractivity contribution in [1.82, 2.24) is 4.90 Å². The summed E-state index contributed by atoms with van der Waals surface area (Å²) in [7, 11) is 0. The Labute approximate surface area is 96.0 Å². The number of aliphatic imine (C=N–C) groups is 1. The van der Waals surface area contributed by atoms with Crippen LogP contribution in [-0.4, -0.2) is 59.7 Å². The second kappa shape index (κ2) is 4.53. The molecule has 0 saturated carbocycles. The molecule has 96 valence electrons. The van der Waals surface area contributed by atoms with E-state index in [1.165, 1.54) is 0 Å². The van der Waals surface area contributed by atoms with Gasteiger partial charge in [-0.15, -0.1) is 0 Å². The summed E-state index contributed by atoms with van der Waals surface area (Å²) in [5.74, 6) is 0.162. The van der Waals surface area contributed by atoms with Gasteiger partial charge in [0.1, 0.15) is 11.9 Å². The first kappa shape index (κ1) is 12.2. The second-order valence-electron chi connectivity index (χ2n) is 3.97. The van der Waals surface area contributed by atoms with Crippen molar-refractivity contribution in [2.24, 2.45) is 10.7 Å². The SMILES string of the molecule is NC1=NC(=O)N(C2O[C@H](CO)[C@H](F)[C@@H]2[18F])CC1. The molecule has 2 rings (SSSR count). The first-order chi connectivity index (χ1) is 8.04. The lowest BCUT2D eigenvalue weighted by Crippen LogP contribution is -2.48. The summed E-state index contributed by atoms with van der Waals surface area (Å²) in [4.78, 5) is 15.9. The summed E-state index contributed by atoms with van der Waals surface area (Å²) in [6.45, 7) is -0.504. The monoisotopic (exact) mass is 248 g/mol. The lowest BCUT2D eigenvalue weighted by atomic mass is 10.1. The van der Waals surface area contributed by atoms with Crippen LogP contribution in [0.4, 0.5) is 13.6 Å². The van der Waals surface area contributed by atoms with E-state index in [0.717, 1.165) is 4.90 Å². The number of rotatable bonds is 2. The summed E-state index contributed by atoms with van der Waals surface area (Å²) in [5.41, 5.74) is 5.36. The molecule has 4 atom stereocenters. The van der Waals surface area contributed by atoms with Gasteiger partial charge in [-0.05, 0) is 0 Å². The van der Waals surface area contributed by atoms with Crippen molar-refractivity contribution in [3.63, 3.8) is 0 Å². The molecule has 1 saturated heterocycles. The summed E-state index contributed by atoms with van der Waals surface area (Å²) in [6, 6.07) is -0.743. The number of aliphatic hydroxyl groups excluding tert-OH is 1. The van der Waals surface area contributed by atoms with Crippen LogP contribution >= 0.6 is 0 Å². The molecule has 0 radical (unpaired) electrons. The fourth-order valence-corrected chi connectivity index (χ4v) is 1.89. The molecule has 8 heteroatoms. The van der Waals surface area contributed by atoms with Crippen molar-refractivity contribution in [2.75, 3.05) is 13.2 Å². The van der Waals surface area contributed by atoms with Gasteiger partial charge in [0.05, 0.1) is 6.61 Å². The standard InChI is InChI=1S/C9H13F2N3O3/c10-6-4(3-15)17-8(7(6)11)14-2-1-5(12)13-9(14)16/h4,6-8,15H,1-3H2,(H2,12,13,16)/t4-,6+,7+,8?/m1/s1/i11-1. The molecule has 2 amide bonds. The van der Waals surface area contributed by atoms with Crippen LogP contribution in [0.5, 0.6) is 0 Å². The van der Waals surface area contributed by atoms with Crippen LogP contribution < -0.4 is 5.73 Å². The van der Waals surface area contributed by atoms with Crippen molar-refractivity contribution in [3.05, 3.63) is 0 Å². The second-order valence-corrected chi connectivity index (χ2v) is 3.97. The number of hydrogen-bond donors (Lipinski definition) is 2. The number of carbonyl (C=O) groups excluding carboxylic acids is 1. The van der Waals surface area contributed by atoms with Crippen LogP contribution in [0.1, 0.15) is 6.42 Å². The number of carbonyl (C=O) groups is 1. The minimum Gasteiger partial charge on any atom is -0.394 e. The molecule has 17 heavy (non-hydrogen) atoms. The molecule has 3 N–H and O–H groups in total. The first-order valence-corrected chi connectivity index (χ1v) is 5.22. The van der Waals surface area contributed by atoms with Gasteiger partial charge in [0.2, 0.25) is 0 Å². The summed E-state index contributed by atoms with van der Waals surface area (Å²) >= 11 is 0. The van der Waals surface area contributed by atoms with E-state index < -0.39 is 37.3 Å². The maximum absolute atomic E-state index is 13.6. The molecule has 0 aromatic carbocycles. The van der Waals surface area contributed by atoms with Crippen molar-refractivity contribution < 1.29 is 23.4 Å². The molecule has 2 heterocycles. The Bertz CT molecular complexity index is 352. The third-order valence-corrected chi connectivity index (χ3v) is 2.83. The molecular formula is C9H13F2N3O3. The molecule has 2 aliphatic rings. The van der Waals surface area contributed by atoms with Crippen molar-refractivity contribution >= 4 is 11.9 Å². The number of halogens is 2. The highest BCUT2D eigenvalue weighted by Crippen LogP contribution is 2.30. The maximum atomic E-state index is 13.6. The molecule has 0 spiro atoms. The summed E-state index contributed by atoms with van der Waals surface area (Å²) < 4.78 is 31.9. The molecule has 2 aliphatic heterocycles. The topological polar surface area (TPSA) is 88.2 Å². The average Bonchev–Trinajstić information content (AvgIpc) is 2.57. The largest absolute Gasteiger partial charge is 0.394 e. The Morgan fingerprint density at radius 1 is 1.53 bits per heavy atom. The van der Waals surface area contributed by atoms with E-state index in [2.05, 4.69) is 4.99 Å². The number of ether oxygens (including phenoxy) is 1. The number of nitrogens with two attached hydrogens (primary N) is 1. The first-order valence-electron chi connectivity index (χ1n) is 5.22. The minimum absolute atomic E-state index is 0.129. The highest BCUT2D eigenvalue weighted by Gasteiger charge is 2.49. The van der Waals surface area contributed by atoms with E-state index in [0.29, 0.717) is 6.42 Å². The maximum Gasteiger partial charge on any atom is 0.347 e. The zero-order valence-corrected chi connectivity index (χ0v) is 8.92. The Morgan fingerprint density at radius 3 is 2.76 bits per heavy atom. The number of amidine groups is 1. The minimum atomic E-state index is -1.98. The smallest absolute Gasteiger partial charge is 0.347 e. The molecule has 0 aromatic rings. The van der Waals surface area contributed by atoms with Crippen molar-refractivity contribution in [3.8, 4) is 0 Å². The van der Waals surface area contributed by atoms with Crippen molar-refractivity contribution in [1.29, 1.82) is 0 Å². The predicted molar refractivity (Wildman–Crippen MR) is 53.9 cm³/mol. The lowest BCUT2D eigenvalue weighted by Gasteiger charge is -2.30. The van der Waals surface area contributed by atoms with Crippen molar-refractivity contribution in [2.45, 2.75) is 31.1 Å². The Kier molecular flexibility index (Phi) is 3.25. The number of hydrogen-bond acceptors (Lipinski definition) is 4. The van der Waals surface area contributed by atoms with Gasteiger partial charge in [0, 0.05) is 13.0 Å². The van der Waals surface area contributed by atoms with E-state index in [-0.39, 0.29) is 12.4 Å². The molecule has 0 aliphatic carbocycles. The van der Waals surface area contributed by atoms with E-state index in [1.54, 1.807) is 0 Å². The van der Waals surface area contributed by atoms with E-state index in [1.807, 2.05) is 0 Å². The number of alkyl halides is 2. The molecule has 6 nitrogen and oxygen atoms in total. The fraction of sp³-hybridized carbons (Fsp3) is 0.778. The molecule has 1 fully saturated rings. The zero-order chi connectivity index (χ0) is 12.6. The quantitative estimate of drug-likeness (QED) is 0.693. The van der Waals surface area contributed by atoms with E-state index >= 15 is 0 Å². The van der Waals surface area contributed by atoms with Gasteiger partial charge in [0.15, 0.2) is 18.6 Å². The Morgan fingerprint density at radius 2 is 2.24 bits per heavy atom. The van der Waals surface area contributed by atoms with Gasteiger partial charge >= 0.3 is 6.03 Å². The van der Waals surface area contributed by atoms with Gasteiger partial charge in [0.25, 0.3) is 0 Å². The van der Waals surface area contributed by atoms with Gasteiger partial charge < -0.3 is 15.6 Å². The normalized spacial score (nSPS) is 38.4. The van der Waals surface area contributed by atoms with Crippen LogP contribution in [0, 0.1) is 0 Å². The number of aliphatic hydroxyl groups is 1. The summed E-state index contributed by atoms with van der Waals surface area (Å²) in [6.07, 6.45) is -6.22. The molecular weight excluding hydrogens is 235 g/mol. The Hall–Kier alpha value is -1.28. The number of amides is 2. The Balaban J connectivity index is 2.11.